The highest BCUT2D eigenvalue weighted by atomic mass is 16.2. The van der Waals surface area contributed by atoms with E-state index in [1.165, 1.54) is 11.1 Å². The highest BCUT2D eigenvalue weighted by Gasteiger charge is 2.25. The minimum absolute atomic E-state index is 0.0817. The summed E-state index contributed by atoms with van der Waals surface area (Å²) in [5.74, 6) is 0.0817. The Hall–Kier alpha value is -2.10. The first-order valence-corrected chi connectivity index (χ1v) is 6.54. The van der Waals surface area contributed by atoms with E-state index in [0.29, 0.717) is 6.54 Å². The van der Waals surface area contributed by atoms with E-state index in [-0.39, 0.29) is 5.91 Å². The molecule has 2 aromatic rings. The molecule has 0 saturated heterocycles. The van der Waals surface area contributed by atoms with Gasteiger partial charge in [-0.1, -0.05) is 24.3 Å². The maximum atomic E-state index is 12.6. The van der Waals surface area contributed by atoms with Gasteiger partial charge in [-0.15, -0.1) is 0 Å². The summed E-state index contributed by atoms with van der Waals surface area (Å²) in [4.78, 5) is 14.5. The van der Waals surface area contributed by atoms with Gasteiger partial charge >= 0.3 is 0 Å². The Balaban J connectivity index is 1.88. The number of amides is 1. The molecule has 0 bridgehead atoms. The number of aromatic nitrogens is 2. The van der Waals surface area contributed by atoms with Gasteiger partial charge in [0.25, 0.3) is 5.91 Å². The molecule has 98 valence electrons. The monoisotopic (exact) mass is 255 g/mol. The Morgan fingerprint density at radius 2 is 2.00 bits per heavy atom. The summed E-state index contributed by atoms with van der Waals surface area (Å²) in [6.45, 7) is 5.23. The van der Waals surface area contributed by atoms with E-state index >= 15 is 0 Å². The highest BCUT2D eigenvalue weighted by molar-refractivity contribution is 5.96. The van der Waals surface area contributed by atoms with Crippen LogP contribution in [0.15, 0.2) is 24.3 Å². The third kappa shape index (κ3) is 2.03. The van der Waals surface area contributed by atoms with Gasteiger partial charge in [0.2, 0.25) is 0 Å². The smallest absolute Gasteiger partial charge is 0.257 e. The summed E-state index contributed by atoms with van der Waals surface area (Å²) >= 11 is 0. The predicted octanol–water partition coefficient (Wildman–Crippen LogP) is 2.23. The lowest BCUT2D eigenvalue weighted by Gasteiger charge is -2.29. The summed E-state index contributed by atoms with van der Waals surface area (Å²) in [6, 6.07) is 8.33. The highest BCUT2D eigenvalue weighted by Crippen LogP contribution is 2.21. The van der Waals surface area contributed by atoms with Crippen molar-refractivity contribution in [2.75, 3.05) is 6.54 Å². The lowest BCUT2D eigenvalue weighted by Crippen LogP contribution is -2.36. The first kappa shape index (κ1) is 12.0. The number of rotatable bonds is 1. The quantitative estimate of drug-likeness (QED) is 0.849. The standard InChI is InChI=1S/C15H17N3O/c1-10-14(11(2)17-16-10)15(19)18-8-7-12-5-3-4-6-13(12)9-18/h3-6H,7-9H2,1-2H3,(H,16,17). The van der Waals surface area contributed by atoms with E-state index in [1.54, 1.807) is 0 Å². The first-order valence-electron chi connectivity index (χ1n) is 6.54. The second-order valence-electron chi connectivity index (χ2n) is 5.05. The van der Waals surface area contributed by atoms with Gasteiger partial charge in [0.05, 0.1) is 11.3 Å². The molecule has 0 saturated carbocycles. The Labute approximate surface area is 112 Å². The number of benzene rings is 1. The fourth-order valence-electron chi connectivity index (χ4n) is 2.69. The predicted molar refractivity (Wildman–Crippen MR) is 72.9 cm³/mol. The number of nitrogens with one attached hydrogen (secondary N) is 1. The molecule has 4 heteroatoms. The van der Waals surface area contributed by atoms with Gasteiger partial charge in [0.1, 0.15) is 0 Å². The second-order valence-corrected chi connectivity index (χ2v) is 5.05. The third-order valence-electron chi connectivity index (χ3n) is 3.76. The molecule has 19 heavy (non-hydrogen) atoms. The lowest BCUT2D eigenvalue weighted by molar-refractivity contribution is 0.0733. The largest absolute Gasteiger partial charge is 0.334 e. The van der Waals surface area contributed by atoms with Crippen molar-refractivity contribution in [1.82, 2.24) is 15.1 Å². The van der Waals surface area contributed by atoms with Gasteiger partial charge in [-0.25, -0.2) is 0 Å². The van der Waals surface area contributed by atoms with Crippen LogP contribution in [-0.2, 0) is 13.0 Å². The SMILES string of the molecule is Cc1n[nH]c(C)c1C(=O)N1CCc2ccccc2C1. The van der Waals surface area contributed by atoms with Crippen molar-refractivity contribution in [1.29, 1.82) is 0 Å². The van der Waals surface area contributed by atoms with Crippen LogP contribution in [0.2, 0.25) is 0 Å². The van der Waals surface area contributed by atoms with E-state index in [9.17, 15) is 4.79 Å². The van der Waals surface area contributed by atoms with Crippen LogP contribution in [0.1, 0.15) is 32.9 Å². The number of nitrogens with zero attached hydrogens (tertiary/aromatic N) is 2. The summed E-state index contributed by atoms with van der Waals surface area (Å²) in [5, 5.41) is 6.98. The number of hydrogen-bond donors (Lipinski definition) is 1. The van der Waals surface area contributed by atoms with Crippen molar-refractivity contribution in [3.63, 3.8) is 0 Å². The molecule has 0 unspecified atom stereocenters. The molecule has 3 rings (SSSR count). The zero-order valence-corrected chi connectivity index (χ0v) is 11.2. The van der Waals surface area contributed by atoms with Gasteiger partial charge < -0.3 is 4.90 Å². The Bertz CT molecular complexity index is 611. The molecule has 1 amide bonds. The number of carbonyl (C=O) groups is 1. The van der Waals surface area contributed by atoms with Crippen molar-refractivity contribution in [2.45, 2.75) is 26.8 Å². The van der Waals surface area contributed by atoms with Gasteiger partial charge in [0.15, 0.2) is 0 Å². The molecule has 2 heterocycles. The summed E-state index contributed by atoms with van der Waals surface area (Å²) in [7, 11) is 0. The van der Waals surface area contributed by atoms with Crippen LogP contribution >= 0.6 is 0 Å². The Morgan fingerprint density at radius 3 is 2.68 bits per heavy atom. The first-order chi connectivity index (χ1) is 9.16. The van der Waals surface area contributed by atoms with Crippen molar-refractivity contribution in [2.24, 2.45) is 0 Å². The molecule has 0 radical (unpaired) electrons. The van der Waals surface area contributed by atoms with Crippen LogP contribution in [0.25, 0.3) is 0 Å². The lowest BCUT2D eigenvalue weighted by atomic mass is 9.99. The van der Waals surface area contributed by atoms with Crippen LogP contribution in [0.3, 0.4) is 0 Å². The molecule has 1 aromatic carbocycles. The number of aryl methyl sites for hydroxylation is 2. The van der Waals surface area contributed by atoms with Crippen LogP contribution in [0, 0.1) is 13.8 Å². The molecule has 4 nitrogen and oxygen atoms in total. The van der Waals surface area contributed by atoms with E-state index < -0.39 is 0 Å². The van der Waals surface area contributed by atoms with E-state index in [2.05, 4.69) is 28.4 Å². The summed E-state index contributed by atoms with van der Waals surface area (Å²) < 4.78 is 0. The molecule has 1 N–H and O–H groups in total. The van der Waals surface area contributed by atoms with Crippen LogP contribution < -0.4 is 0 Å². The average Bonchev–Trinajstić information content (AvgIpc) is 2.77. The van der Waals surface area contributed by atoms with Crippen molar-refractivity contribution in [3.05, 3.63) is 52.3 Å². The fraction of sp³-hybridized carbons (Fsp3) is 0.333. The summed E-state index contributed by atoms with van der Waals surface area (Å²) in [6.07, 6.45) is 0.928. The molecule has 0 fully saturated rings. The number of aromatic amines is 1. The second kappa shape index (κ2) is 4.53. The minimum atomic E-state index is 0.0817. The van der Waals surface area contributed by atoms with E-state index in [4.69, 9.17) is 0 Å². The molecule has 0 aliphatic carbocycles. The molecular weight excluding hydrogens is 238 g/mol. The van der Waals surface area contributed by atoms with Gasteiger partial charge in [-0.2, -0.15) is 5.10 Å². The zero-order valence-electron chi connectivity index (χ0n) is 11.2. The number of fused-ring (bicyclic) bond motifs is 1. The zero-order chi connectivity index (χ0) is 13.4. The van der Waals surface area contributed by atoms with Crippen LogP contribution in [0.5, 0.6) is 0 Å². The molecule has 1 aliphatic heterocycles. The Morgan fingerprint density at radius 1 is 1.26 bits per heavy atom. The van der Waals surface area contributed by atoms with Crippen LogP contribution in [-0.4, -0.2) is 27.5 Å². The van der Waals surface area contributed by atoms with Gasteiger partial charge in [-0.05, 0) is 31.4 Å². The van der Waals surface area contributed by atoms with Gasteiger partial charge in [0, 0.05) is 18.8 Å². The number of carbonyl (C=O) groups excluding carboxylic acids is 1. The maximum absolute atomic E-state index is 12.6. The molecule has 0 atom stereocenters. The minimum Gasteiger partial charge on any atom is -0.334 e. The van der Waals surface area contributed by atoms with Crippen molar-refractivity contribution >= 4 is 5.91 Å². The van der Waals surface area contributed by atoms with Crippen LogP contribution in [0.4, 0.5) is 0 Å². The van der Waals surface area contributed by atoms with Crippen molar-refractivity contribution in [3.8, 4) is 0 Å². The number of hydrogen-bond acceptors (Lipinski definition) is 2. The van der Waals surface area contributed by atoms with E-state index in [1.807, 2.05) is 24.8 Å². The summed E-state index contributed by atoms with van der Waals surface area (Å²) in [5.41, 5.74) is 4.95. The number of H-pyrrole nitrogens is 1. The maximum Gasteiger partial charge on any atom is 0.257 e. The van der Waals surface area contributed by atoms with Crippen molar-refractivity contribution < 1.29 is 4.79 Å². The molecular formula is C15H17N3O. The molecule has 1 aliphatic rings. The third-order valence-corrected chi connectivity index (χ3v) is 3.76. The van der Waals surface area contributed by atoms with E-state index in [0.717, 1.165) is 29.9 Å². The van der Waals surface area contributed by atoms with Gasteiger partial charge in [-0.3, -0.25) is 9.89 Å². The molecule has 1 aromatic heterocycles. The average molecular weight is 255 g/mol. The topological polar surface area (TPSA) is 49.0 Å². The Kier molecular flexibility index (Phi) is 2.85. The fourth-order valence-corrected chi connectivity index (χ4v) is 2.69. The molecule has 0 spiro atoms. The normalized spacial score (nSPS) is 14.3.